The molecule has 3 heterocycles. The molecule has 1 N–H and O–H groups in total. The van der Waals surface area contributed by atoms with Crippen molar-refractivity contribution in [1.29, 1.82) is 0 Å². The second kappa shape index (κ2) is 10.5. The molecule has 4 aliphatic rings. The van der Waals surface area contributed by atoms with Gasteiger partial charge in [-0.05, 0) is 92.2 Å². The molecule has 0 spiro atoms. The van der Waals surface area contributed by atoms with Gasteiger partial charge in [-0.3, -0.25) is 9.79 Å². The first-order valence-corrected chi connectivity index (χ1v) is 15.2. The van der Waals surface area contributed by atoms with E-state index in [9.17, 15) is 9.59 Å². The fraction of sp³-hybridized carbons (Fsp3) is 0.545. The molecule has 3 aliphatic heterocycles. The third-order valence-corrected chi connectivity index (χ3v) is 10.1. The lowest BCUT2D eigenvalue weighted by molar-refractivity contribution is -0.137. The van der Waals surface area contributed by atoms with Crippen LogP contribution in [-0.2, 0) is 18.8 Å². The number of alkyl carbamates (subject to hydrolysis) is 1. The zero-order chi connectivity index (χ0) is 30.0. The monoisotopic (exact) mass is 571 g/mol. The number of piperidine rings is 1. The number of aliphatic imine (C=N–C) groups is 1. The van der Waals surface area contributed by atoms with Crippen molar-refractivity contribution in [3.63, 3.8) is 0 Å². The number of methoxy groups -OCH3 is 1. The summed E-state index contributed by atoms with van der Waals surface area (Å²) in [5, 5.41) is 5.05. The maximum absolute atomic E-state index is 13.9. The minimum atomic E-state index is -0.628. The zero-order valence-corrected chi connectivity index (χ0v) is 25.8. The van der Waals surface area contributed by atoms with E-state index >= 15 is 0 Å². The molecule has 2 bridgehead atoms. The van der Waals surface area contributed by atoms with Crippen molar-refractivity contribution in [2.75, 3.05) is 7.11 Å². The largest absolute Gasteiger partial charge is 0.494 e. The standard InChI is InChI=1S/C33H42BN3O5/c1-19(2)28(36-31(39)40-7)30(38)37-26-13-11-23(16-26)29(37)27-17-24(18-35-27)21-8-9-22-15-25(12-10-20(22)14-21)34-41-32(3,4)33(5,6)42-34/h8-10,12,14-15,18-19,23,26,28-29H,11,13,16-17H2,1-7H3,(H,36,39)/t23-,26+,28-,29-/m0/s1. The summed E-state index contributed by atoms with van der Waals surface area (Å²) >= 11 is 0. The number of hydrogen-bond acceptors (Lipinski definition) is 6. The Hall–Kier alpha value is -3.17. The van der Waals surface area contributed by atoms with Crippen molar-refractivity contribution >= 4 is 46.6 Å². The summed E-state index contributed by atoms with van der Waals surface area (Å²) in [6.45, 7) is 12.2. The number of nitrogens with zero attached hydrogens (tertiary/aromatic N) is 2. The Morgan fingerprint density at radius 1 is 1.05 bits per heavy atom. The predicted molar refractivity (Wildman–Crippen MR) is 166 cm³/mol. The van der Waals surface area contributed by atoms with Crippen molar-refractivity contribution < 1.29 is 23.6 Å². The van der Waals surface area contributed by atoms with Crippen molar-refractivity contribution in [2.24, 2.45) is 16.8 Å². The van der Waals surface area contributed by atoms with Crippen LogP contribution in [0.3, 0.4) is 0 Å². The quantitative estimate of drug-likeness (QED) is 0.489. The Labute approximate surface area is 249 Å². The number of amides is 2. The van der Waals surface area contributed by atoms with Crippen molar-refractivity contribution in [2.45, 2.75) is 96.6 Å². The Balaban J connectivity index is 1.18. The van der Waals surface area contributed by atoms with E-state index < -0.39 is 19.3 Å². The molecule has 2 amide bonds. The summed E-state index contributed by atoms with van der Waals surface area (Å²) in [6.07, 6.45) is 5.20. The average molecular weight is 572 g/mol. The molecule has 2 aromatic rings. The molecular weight excluding hydrogens is 529 g/mol. The third kappa shape index (κ3) is 4.94. The number of benzene rings is 2. The number of carbonyl (C=O) groups is 2. The van der Waals surface area contributed by atoms with Gasteiger partial charge < -0.3 is 24.3 Å². The van der Waals surface area contributed by atoms with Crippen molar-refractivity contribution in [1.82, 2.24) is 10.2 Å². The molecular formula is C33H42BN3O5. The highest BCUT2D eigenvalue weighted by Gasteiger charge is 2.53. The van der Waals surface area contributed by atoms with Crippen LogP contribution < -0.4 is 10.8 Å². The maximum Gasteiger partial charge on any atom is 0.494 e. The number of fused-ring (bicyclic) bond motifs is 3. The van der Waals surface area contributed by atoms with Crippen molar-refractivity contribution in [3.8, 4) is 0 Å². The molecule has 2 aromatic carbocycles. The fourth-order valence-corrected chi connectivity index (χ4v) is 6.99. The summed E-state index contributed by atoms with van der Waals surface area (Å²) < 4.78 is 17.3. The lowest BCUT2D eigenvalue weighted by atomic mass is 9.78. The van der Waals surface area contributed by atoms with Crippen LogP contribution in [0.25, 0.3) is 16.3 Å². The van der Waals surface area contributed by atoms with E-state index in [4.69, 9.17) is 19.0 Å². The molecule has 8 nitrogen and oxygen atoms in total. The number of carbonyl (C=O) groups excluding carboxylic acids is 2. The van der Waals surface area contributed by atoms with E-state index in [2.05, 4.69) is 69.4 Å². The number of hydrogen-bond donors (Lipinski definition) is 1. The van der Waals surface area contributed by atoms with E-state index in [0.29, 0.717) is 12.3 Å². The SMILES string of the molecule is COC(=O)N[C@H](C(=O)N1[C@@H]2CC[C@@H](C2)[C@H]1C1=NC=C(c2ccc3cc(B4OC(C)(C)C(C)(C)O4)ccc3c2)C1)C(C)C. The van der Waals surface area contributed by atoms with Gasteiger partial charge in [0.05, 0.1) is 24.4 Å². The molecule has 222 valence electrons. The molecule has 2 saturated heterocycles. The second-order valence-electron chi connectivity index (χ2n) is 13.6. The molecule has 0 unspecified atom stereocenters. The molecule has 1 saturated carbocycles. The van der Waals surface area contributed by atoms with Gasteiger partial charge >= 0.3 is 13.2 Å². The number of likely N-dealkylation sites (tertiary alicyclic amines) is 1. The Kier molecular flexibility index (Phi) is 7.25. The van der Waals surface area contributed by atoms with E-state index in [1.807, 2.05) is 24.9 Å². The predicted octanol–water partition coefficient (Wildman–Crippen LogP) is 5.08. The highest BCUT2D eigenvalue weighted by atomic mass is 16.7. The van der Waals surface area contributed by atoms with Crippen LogP contribution >= 0.6 is 0 Å². The van der Waals surface area contributed by atoms with Gasteiger partial charge in [-0.1, -0.05) is 44.2 Å². The van der Waals surface area contributed by atoms with Gasteiger partial charge in [0, 0.05) is 24.4 Å². The van der Waals surface area contributed by atoms with Crippen LogP contribution in [0.4, 0.5) is 4.79 Å². The van der Waals surface area contributed by atoms with Gasteiger partial charge in [0.2, 0.25) is 5.91 Å². The molecule has 9 heteroatoms. The third-order valence-electron chi connectivity index (χ3n) is 10.1. The summed E-state index contributed by atoms with van der Waals surface area (Å²) in [6, 6.07) is 12.4. The van der Waals surface area contributed by atoms with Gasteiger partial charge in [0.15, 0.2) is 0 Å². The number of nitrogens with one attached hydrogen (secondary N) is 1. The molecule has 42 heavy (non-hydrogen) atoms. The van der Waals surface area contributed by atoms with Gasteiger partial charge in [0.1, 0.15) is 6.04 Å². The molecule has 1 aliphatic carbocycles. The molecule has 0 aromatic heterocycles. The Bertz CT molecular complexity index is 1470. The normalized spacial score (nSPS) is 26.5. The van der Waals surface area contributed by atoms with E-state index in [1.54, 1.807) is 0 Å². The van der Waals surface area contributed by atoms with Gasteiger partial charge in [-0.2, -0.15) is 0 Å². The molecule has 3 fully saturated rings. The van der Waals surface area contributed by atoms with E-state index in [1.165, 1.54) is 7.11 Å². The average Bonchev–Trinajstić information content (AvgIpc) is 3.73. The lowest BCUT2D eigenvalue weighted by Gasteiger charge is -2.38. The van der Waals surface area contributed by atoms with Crippen LogP contribution in [0, 0.1) is 11.8 Å². The topological polar surface area (TPSA) is 89.5 Å². The maximum atomic E-state index is 13.9. The first kappa shape index (κ1) is 28.9. The van der Waals surface area contributed by atoms with Crippen LogP contribution in [0.5, 0.6) is 0 Å². The second-order valence-corrected chi connectivity index (χ2v) is 13.6. The van der Waals surface area contributed by atoms with Crippen LogP contribution in [0.15, 0.2) is 47.6 Å². The Morgan fingerprint density at radius 3 is 2.43 bits per heavy atom. The van der Waals surface area contributed by atoms with Crippen LogP contribution in [0.2, 0.25) is 0 Å². The van der Waals surface area contributed by atoms with Crippen LogP contribution in [-0.4, -0.2) is 66.2 Å². The van der Waals surface area contributed by atoms with E-state index in [0.717, 1.165) is 52.3 Å². The van der Waals surface area contributed by atoms with E-state index in [-0.39, 0.29) is 35.1 Å². The number of allylic oxidation sites excluding steroid dienone is 1. The smallest absolute Gasteiger partial charge is 0.453 e. The van der Waals surface area contributed by atoms with Gasteiger partial charge in [-0.15, -0.1) is 0 Å². The first-order valence-electron chi connectivity index (χ1n) is 15.2. The minimum Gasteiger partial charge on any atom is -0.453 e. The molecule has 6 rings (SSSR count). The summed E-state index contributed by atoms with van der Waals surface area (Å²) in [7, 11) is 0.932. The minimum absolute atomic E-state index is 0.0337. The van der Waals surface area contributed by atoms with Gasteiger partial charge in [-0.25, -0.2) is 4.79 Å². The van der Waals surface area contributed by atoms with Crippen molar-refractivity contribution in [3.05, 3.63) is 48.2 Å². The first-order chi connectivity index (χ1) is 19.9. The summed E-state index contributed by atoms with van der Waals surface area (Å²) in [4.78, 5) is 32.8. The number of rotatable bonds is 6. The summed E-state index contributed by atoms with van der Waals surface area (Å²) in [5.41, 5.74) is 3.60. The fourth-order valence-electron chi connectivity index (χ4n) is 6.99. The molecule has 4 atom stereocenters. The lowest BCUT2D eigenvalue weighted by Crippen LogP contribution is -2.57. The van der Waals surface area contributed by atoms with Gasteiger partial charge in [0.25, 0.3) is 0 Å². The molecule has 0 radical (unpaired) electrons. The van der Waals surface area contributed by atoms with Crippen LogP contribution in [0.1, 0.15) is 72.8 Å². The Morgan fingerprint density at radius 2 is 1.74 bits per heavy atom. The highest BCUT2D eigenvalue weighted by molar-refractivity contribution is 6.62. The highest BCUT2D eigenvalue weighted by Crippen LogP contribution is 2.45. The zero-order valence-electron chi connectivity index (χ0n) is 25.8. The number of ether oxygens (including phenoxy) is 1. The summed E-state index contributed by atoms with van der Waals surface area (Å²) in [5.74, 6) is 0.312.